The highest BCUT2D eigenvalue weighted by Crippen LogP contribution is 2.14. The van der Waals surface area contributed by atoms with Gasteiger partial charge in [-0.15, -0.1) is 17.9 Å². The lowest BCUT2D eigenvalue weighted by Crippen LogP contribution is -2.23. The number of nitrogens with one attached hydrogen (secondary N) is 2. The van der Waals surface area contributed by atoms with Gasteiger partial charge in [-0.05, 0) is 41.8 Å². The molecule has 0 spiro atoms. The number of carbonyl (C=O) groups excluding carboxylic acids is 1. The van der Waals surface area contributed by atoms with E-state index in [1.165, 1.54) is 35.6 Å². The van der Waals surface area contributed by atoms with Crippen LogP contribution in [0.25, 0.3) is 6.08 Å². The molecule has 0 atom stereocenters. The summed E-state index contributed by atoms with van der Waals surface area (Å²) >= 11 is 1.53. The summed E-state index contributed by atoms with van der Waals surface area (Å²) < 4.78 is 26.2. The molecule has 0 unspecified atom stereocenters. The molecule has 2 rings (SSSR count). The average Bonchev–Trinajstić information content (AvgIpc) is 3.05. The van der Waals surface area contributed by atoms with E-state index in [-0.39, 0.29) is 17.3 Å². The fraction of sp³-hybridized carbons (Fsp3) is 0.0625. The molecular weight excluding hydrogens is 332 g/mol. The van der Waals surface area contributed by atoms with Crippen LogP contribution in [0.5, 0.6) is 0 Å². The standard InChI is InChI=1S/C16H16N2O3S2/c1-2-11-17-23(20,21)15-8-5-13(6-9-15)18-16(19)10-7-14-4-3-12-22-14/h2-10,12,17H,1,11H2,(H,18,19)/b10-7+. The van der Waals surface area contributed by atoms with E-state index in [0.29, 0.717) is 5.69 Å². The number of sulfonamides is 1. The van der Waals surface area contributed by atoms with Crippen molar-refractivity contribution in [2.24, 2.45) is 0 Å². The first-order valence-corrected chi connectivity index (χ1v) is 9.11. The lowest BCUT2D eigenvalue weighted by atomic mass is 10.3. The van der Waals surface area contributed by atoms with E-state index in [9.17, 15) is 13.2 Å². The van der Waals surface area contributed by atoms with Crippen molar-refractivity contribution in [1.82, 2.24) is 4.72 Å². The first-order valence-electron chi connectivity index (χ1n) is 6.74. The fourth-order valence-electron chi connectivity index (χ4n) is 1.70. The zero-order chi connectivity index (χ0) is 16.7. The van der Waals surface area contributed by atoms with Gasteiger partial charge in [0.1, 0.15) is 0 Å². The maximum Gasteiger partial charge on any atom is 0.248 e. The number of benzene rings is 1. The monoisotopic (exact) mass is 348 g/mol. The number of anilines is 1. The molecule has 1 heterocycles. The van der Waals surface area contributed by atoms with Crippen LogP contribution in [-0.2, 0) is 14.8 Å². The van der Waals surface area contributed by atoms with Crippen molar-refractivity contribution in [2.45, 2.75) is 4.90 Å². The Morgan fingerprint density at radius 1 is 1.22 bits per heavy atom. The molecule has 2 aromatic rings. The molecule has 2 N–H and O–H groups in total. The second kappa shape index (κ2) is 7.87. The van der Waals surface area contributed by atoms with Crippen LogP contribution in [0.3, 0.4) is 0 Å². The molecule has 0 aliphatic heterocycles. The number of rotatable bonds is 7. The first-order chi connectivity index (χ1) is 11.0. The molecule has 0 bridgehead atoms. The average molecular weight is 348 g/mol. The molecule has 0 radical (unpaired) electrons. The second-order valence-electron chi connectivity index (χ2n) is 4.50. The van der Waals surface area contributed by atoms with Gasteiger partial charge in [0.05, 0.1) is 4.90 Å². The van der Waals surface area contributed by atoms with E-state index in [1.54, 1.807) is 18.2 Å². The minimum Gasteiger partial charge on any atom is -0.323 e. The van der Waals surface area contributed by atoms with Crippen LogP contribution < -0.4 is 10.0 Å². The van der Waals surface area contributed by atoms with Crippen molar-refractivity contribution in [3.63, 3.8) is 0 Å². The van der Waals surface area contributed by atoms with Gasteiger partial charge in [0.2, 0.25) is 15.9 Å². The molecule has 1 amide bonds. The third-order valence-electron chi connectivity index (χ3n) is 2.79. The molecule has 120 valence electrons. The van der Waals surface area contributed by atoms with E-state index in [2.05, 4.69) is 16.6 Å². The van der Waals surface area contributed by atoms with Gasteiger partial charge in [-0.1, -0.05) is 12.1 Å². The highest BCUT2D eigenvalue weighted by atomic mass is 32.2. The third kappa shape index (κ3) is 5.17. The maximum absolute atomic E-state index is 11.9. The van der Waals surface area contributed by atoms with Crippen LogP contribution in [0.15, 0.2) is 65.4 Å². The molecule has 0 saturated heterocycles. The molecule has 7 heteroatoms. The summed E-state index contributed by atoms with van der Waals surface area (Å²) in [6.45, 7) is 3.62. The molecule has 0 aliphatic rings. The predicted molar refractivity (Wildman–Crippen MR) is 93.8 cm³/mol. The number of amides is 1. The second-order valence-corrected chi connectivity index (χ2v) is 7.25. The zero-order valence-corrected chi connectivity index (χ0v) is 13.9. The molecule has 1 aromatic carbocycles. The molecule has 5 nitrogen and oxygen atoms in total. The van der Waals surface area contributed by atoms with Crippen LogP contribution in [0, 0.1) is 0 Å². The van der Waals surface area contributed by atoms with E-state index >= 15 is 0 Å². The summed E-state index contributed by atoms with van der Waals surface area (Å²) in [5, 5.41) is 4.60. The Morgan fingerprint density at radius 3 is 2.57 bits per heavy atom. The van der Waals surface area contributed by atoms with E-state index in [4.69, 9.17) is 0 Å². The van der Waals surface area contributed by atoms with Crippen LogP contribution in [0.2, 0.25) is 0 Å². The quantitative estimate of drug-likeness (QED) is 0.597. The van der Waals surface area contributed by atoms with E-state index in [0.717, 1.165) is 4.88 Å². The number of thiophene rings is 1. The van der Waals surface area contributed by atoms with Crippen molar-refractivity contribution in [3.05, 3.63) is 65.4 Å². The van der Waals surface area contributed by atoms with Crippen LogP contribution in [0.4, 0.5) is 5.69 Å². The Kier molecular flexibility index (Phi) is 5.86. The minimum atomic E-state index is -3.55. The van der Waals surface area contributed by atoms with E-state index < -0.39 is 10.0 Å². The normalized spacial score (nSPS) is 11.5. The Balaban J connectivity index is 1.99. The van der Waals surface area contributed by atoms with Gasteiger partial charge < -0.3 is 5.32 Å². The Morgan fingerprint density at radius 2 is 1.96 bits per heavy atom. The molecule has 0 saturated carbocycles. The molecule has 0 fully saturated rings. The number of hydrogen-bond donors (Lipinski definition) is 2. The van der Waals surface area contributed by atoms with Gasteiger partial charge in [-0.2, -0.15) is 0 Å². The van der Waals surface area contributed by atoms with Gasteiger partial charge in [0, 0.05) is 23.2 Å². The van der Waals surface area contributed by atoms with Gasteiger partial charge >= 0.3 is 0 Å². The van der Waals surface area contributed by atoms with Crippen molar-refractivity contribution < 1.29 is 13.2 Å². The summed E-state index contributed by atoms with van der Waals surface area (Å²) in [6.07, 6.45) is 4.62. The Hall–Kier alpha value is -2.22. The Labute approximate surface area is 139 Å². The summed E-state index contributed by atoms with van der Waals surface area (Å²) in [7, 11) is -3.55. The van der Waals surface area contributed by atoms with Gasteiger partial charge in [-0.25, -0.2) is 13.1 Å². The van der Waals surface area contributed by atoms with Crippen LogP contribution in [-0.4, -0.2) is 20.9 Å². The first kappa shape index (κ1) is 17.1. The van der Waals surface area contributed by atoms with Gasteiger partial charge in [0.25, 0.3) is 0 Å². The third-order valence-corrected chi connectivity index (χ3v) is 5.07. The fourth-order valence-corrected chi connectivity index (χ4v) is 3.31. The van der Waals surface area contributed by atoms with Crippen molar-refractivity contribution in [2.75, 3.05) is 11.9 Å². The van der Waals surface area contributed by atoms with E-state index in [1.807, 2.05) is 17.5 Å². The topological polar surface area (TPSA) is 75.3 Å². The van der Waals surface area contributed by atoms with Crippen molar-refractivity contribution >= 4 is 39.0 Å². The molecule has 1 aromatic heterocycles. The SMILES string of the molecule is C=CCNS(=O)(=O)c1ccc(NC(=O)/C=C/c2cccs2)cc1. The minimum absolute atomic E-state index is 0.131. The highest BCUT2D eigenvalue weighted by Gasteiger charge is 2.12. The van der Waals surface area contributed by atoms with Gasteiger partial charge in [0.15, 0.2) is 0 Å². The lowest BCUT2D eigenvalue weighted by Gasteiger charge is -2.06. The molecule has 0 aliphatic carbocycles. The smallest absolute Gasteiger partial charge is 0.248 e. The zero-order valence-electron chi connectivity index (χ0n) is 12.2. The van der Waals surface area contributed by atoms with Crippen LogP contribution in [0.1, 0.15) is 4.88 Å². The number of carbonyl (C=O) groups is 1. The molecule has 23 heavy (non-hydrogen) atoms. The van der Waals surface area contributed by atoms with Crippen LogP contribution >= 0.6 is 11.3 Å². The summed E-state index contributed by atoms with van der Waals surface area (Å²) in [5.41, 5.74) is 0.522. The lowest BCUT2D eigenvalue weighted by molar-refractivity contribution is -0.111. The summed E-state index contributed by atoms with van der Waals surface area (Å²) in [4.78, 5) is 12.9. The Bertz CT molecular complexity index is 792. The molecular formula is C16H16N2O3S2. The van der Waals surface area contributed by atoms with Crippen molar-refractivity contribution in [3.8, 4) is 0 Å². The summed E-state index contributed by atoms with van der Waals surface area (Å²) in [5.74, 6) is -0.279. The highest BCUT2D eigenvalue weighted by molar-refractivity contribution is 7.89. The maximum atomic E-state index is 11.9. The van der Waals surface area contributed by atoms with Crippen molar-refractivity contribution in [1.29, 1.82) is 0 Å². The summed E-state index contributed by atoms with van der Waals surface area (Å²) in [6, 6.07) is 9.76. The number of hydrogen-bond acceptors (Lipinski definition) is 4. The largest absolute Gasteiger partial charge is 0.323 e. The van der Waals surface area contributed by atoms with Gasteiger partial charge in [-0.3, -0.25) is 4.79 Å². The predicted octanol–water partition coefficient (Wildman–Crippen LogP) is 2.86.